The number of nitrogens with one attached hydrogen (secondary N) is 1. The molecule has 1 unspecified atom stereocenters. The van der Waals surface area contributed by atoms with Gasteiger partial charge in [0.05, 0.1) is 5.54 Å². The molecule has 110 valence electrons. The number of nitrogens with two attached hydrogens (primary N) is 2. The first-order valence-electron chi connectivity index (χ1n) is 6.46. The molecule has 1 atom stereocenters. The molecular formula is C14H21N3O3. The predicted octanol–water partition coefficient (Wildman–Crippen LogP) is 1.01. The van der Waals surface area contributed by atoms with E-state index in [0.717, 1.165) is 6.42 Å². The zero-order valence-electron chi connectivity index (χ0n) is 11.8. The van der Waals surface area contributed by atoms with Crippen LogP contribution in [-0.2, 0) is 9.59 Å². The first-order valence-corrected chi connectivity index (χ1v) is 6.46. The molecule has 0 aromatic heterocycles. The van der Waals surface area contributed by atoms with Gasteiger partial charge >= 0.3 is 0 Å². The number of primary amides is 1. The van der Waals surface area contributed by atoms with Crippen LogP contribution in [0.4, 0.5) is 5.69 Å². The fourth-order valence-corrected chi connectivity index (χ4v) is 1.70. The van der Waals surface area contributed by atoms with Crippen molar-refractivity contribution in [3.8, 4) is 5.75 Å². The van der Waals surface area contributed by atoms with Gasteiger partial charge in [0.1, 0.15) is 5.75 Å². The lowest BCUT2D eigenvalue weighted by Crippen LogP contribution is -2.48. The lowest BCUT2D eigenvalue weighted by molar-refractivity contribution is -0.121. The molecule has 0 fully saturated rings. The molecule has 0 radical (unpaired) electrons. The second-order valence-electron chi connectivity index (χ2n) is 4.90. The van der Waals surface area contributed by atoms with E-state index in [1.54, 1.807) is 31.2 Å². The standard InChI is InChI=1S/C14H21N3O3/c1-3-8-14(2,16)13(19)17-10-4-6-11(7-5-10)20-9-12(15)18/h4-7H,3,8-9,16H2,1-2H3,(H2,15,18)(H,17,19). The molecule has 0 aliphatic rings. The highest BCUT2D eigenvalue weighted by Crippen LogP contribution is 2.18. The maximum Gasteiger partial charge on any atom is 0.255 e. The van der Waals surface area contributed by atoms with Crippen molar-refractivity contribution in [3.63, 3.8) is 0 Å². The van der Waals surface area contributed by atoms with Gasteiger partial charge in [0.2, 0.25) is 5.91 Å². The Labute approximate surface area is 118 Å². The minimum atomic E-state index is -0.893. The Balaban J connectivity index is 2.61. The van der Waals surface area contributed by atoms with Crippen molar-refractivity contribution in [3.05, 3.63) is 24.3 Å². The number of rotatable bonds is 7. The number of hydrogen-bond donors (Lipinski definition) is 3. The van der Waals surface area contributed by atoms with E-state index in [1.165, 1.54) is 0 Å². The Morgan fingerprint density at radius 2 is 1.90 bits per heavy atom. The molecule has 6 nitrogen and oxygen atoms in total. The summed E-state index contributed by atoms with van der Waals surface area (Å²) in [6.45, 7) is 3.50. The second kappa shape index (κ2) is 6.91. The van der Waals surface area contributed by atoms with Crippen LogP contribution < -0.4 is 21.5 Å². The Hall–Kier alpha value is -2.08. The van der Waals surface area contributed by atoms with Crippen LogP contribution in [0.2, 0.25) is 0 Å². The van der Waals surface area contributed by atoms with Crippen molar-refractivity contribution in [1.82, 2.24) is 0 Å². The summed E-state index contributed by atoms with van der Waals surface area (Å²) in [5, 5.41) is 2.75. The maximum atomic E-state index is 12.0. The molecule has 1 aromatic carbocycles. The van der Waals surface area contributed by atoms with Crippen LogP contribution in [0, 0.1) is 0 Å². The summed E-state index contributed by atoms with van der Waals surface area (Å²) in [5.41, 5.74) is 10.6. The van der Waals surface area contributed by atoms with Crippen LogP contribution in [0.25, 0.3) is 0 Å². The fourth-order valence-electron chi connectivity index (χ4n) is 1.70. The molecule has 0 aliphatic heterocycles. The molecule has 0 saturated carbocycles. The number of benzene rings is 1. The van der Waals surface area contributed by atoms with Crippen LogP contribution in [0.3, 0.4) is 0 Å². The quantitative estimate of drug-likeness (QED) is 0.692. The number of ether oxygens (including phenoxy) is 1. The predicted molar refractivity (Wildman–Crippen MR) is 77.3 cm³/mol. The van der Waals surface area contributed by atoms with Crippen molar-refractivity contribution < 1.29 is 14.3 Å². The largest absolute Gasteiger partial charge is 0.484 e. The van der Waals surface area contributed by atoms with E-state index in [-0.39, 0.29) is 12.5 Å². The molecule has 0 aliphatic carbocycles. The minimum Gasteiger partial charge on any atom is -0.484 e. The molecule has 0 spiro atoms. The Morgan fingerprint density at radius 3 is 2.40 bits per heavy atom. The zero-order chi connectivity index (χ0) is 15.2. The molecule has 0 heterocycles. The van der Waals surface area contributed by atoms with Gasteiger partial charge in [-0.3, -0.25) is 9.59 Å². The highest BCUT2D eigenvalue weighted by Gasteiger charge is 2.27. The minimum absolute atomic E-state index is 0.178. The van der Waals surface area contributed by atoms with E-state index in [2.05, 4.69) is 5.32 Å². The topological polar surface area (TPSA) is 107 Å². The molecule has 6 heteroatoms. The summed E-state index contributed by atoms with van der Waals surface area (Å²) < 4.78 is 5.12. The molecule has 2 amide bonds. The Kier molecular flexibility index (Phi) is 5.52. The summed E-state index contributed by atoms with van der Waals surface area (Å²) in [6.07, 6.45) is 1.44. The molecule has 5 N–H and O–H groups in total. The summed E-state index contributed by atoms with van der Waals surface area (Å²) >= 11 is 0. The molecule has 1 rings (SSSR count). The monoisotopic (exact) mass is 279 g/mol. The lowest BCUT2D eigenvalue weighted by atomic mass is 9.96. The first-order chi connectivity index (χ1) is 9.35. The molecule has 1 aromatic rings. The van der Waals surface area contributed by atoms with Gasteiger partial charge < -0.3 is 21.5 Å². The van der Waals surface area contributed by atoms with Gasteiger partial charge in [-0.25, -0.2) is 0 Å². The van der Waals surface area contributed by atoms with E-state index in [4.69, 9.17) is 16.2 Å². The van der Waals surface area contributed by atoms with Gasteiger partial charge in [0, 0.05) is 5.69 Å². The number of amides is 2. The van der Waals surface area contributed by atoms with E-state index < -0.39 is 11.4 Å². The third kappa shape index (κ3) is 4.89. The summed E-state index contributed by atoms with van der Waals surface area (Å²) in [4.78, 5) is 22.6. The van der Waals surface area contributed by atoms with Crippen molar-refractivity contribution in [2.75, 3.05) is 11.9 Å². The molecule has 0 saturated heterocycles. The molecule has 0 bridgehead atoms. The van der Waals surface area contributed by atoms with Crippen molar-refractivity contribution >= 4 is 17.5 Å². The third-order valence-electron chi connectivity index (χ3n) is 2.78. The summed E-state index contributed by atoms with van der Waals surface area (Å²) in [6, 6.07) is 6.64. The first kappa shape index (κ1) is 16.0. The van der Waals surface area contributed by atoms with Crippen LogP contribution in [0.1, 0.15) is 26.7 Å². The Morgan fingerprint density at radius 1 is 1.30 bits per heavy atom. The van der Waals surface area contributed by atoms with E-state index in [0.29, 0.717) is 17.9 Å². The van der Waals surface area contributed by atoms with Crippen molar-refractivity contribution in [1.29, 1.82) is 0 Å². The van der Waals surface area contributed by atoms with E-state index in [1.807, 2.05) is 6.92 Å². The molecular weight excluding hydrogens is 258 g/mol. The average molecular weight is 279 g/mol. The van der Waals surface area contributed by atoms with Gasteiger partial charge in [-0.2, -0.15) is 0 Å². The highest BCUT2D eigenvalue weighted by molar-refractivity contribution is 5.97. The van der Waals surface area contributed by atoms with E-state index >= 15 is 0 Å². The normalized spacial score (nSPS) is 13.3. The average Bonchev–Trinajstić information content (AvgIpc) is 2.37. The SMILES string of the molecule is CCCC(C)(N)C(=O)Nc1ccc(OCC(N)=O)cc1. The summed E-state index contributed by atoms with van der Waals surface area (Å²) in [5.74, 6) is -0.267. The van der Waals surface area contributed by atoms with Crippen LogP contribution in [-0.4, -0.2) is 24.0 Å². The van der Waals surface area contributed by atoms with Gasteiger partial charge in [-0.1, -0.05) is 13.3 Å². The summed E-state index contributed by atoms with van der Waals surface area (Å²) in [7, 11) is 0. The van der Waals surface area contributed by atoms with Crippen LogP contribution >= 0.6 is 0 Å². The zero-order valence-corrected chi connectivity index (χ0v) is 11.8. The third-order valence-corrected chi connectivity index (χ3v) is 2.78. The van der Waals surface area contributed by atoms with Gasteiger partial charge in [-0.05, 0) is 37.6 Å². The second-order valence-corrected chi connectivity index (χ2v) is 4.90. The lowest BCUT2D eigenvalue weighted by Gasteiger charge is -2.22. The van der Waals surface area contributed by atoms with Crippen molar-refractivity contribution in [2.45, 2.75) is 32.2 Å². The number of anilines is 1. The number of hydrogen-bond acceptors (Lipinski definition) is 4. The highest BCUT2D eigenvalue weighted by atomic mass is 16.5. The number of carbonyl (C=O) groups excluding carboxylic acids is 2. The van der Waals surface area contributed by atoms with Gasteiger partial charge in [0.15, 0.2) is 6.61 Å². The van der Waals surface area contributed by atoms with Crippen molar-refractivity contribution in [2.24, 2.45) is 11.5 Å². The smallest absolute Gasteiger partial charge is 0.255 e. The maximum absolute atomic E-state index is 12.0. The van der Waals surface area contributed by atoms with Crippen LogP contribution in [0.15, 0.2) is 24.3 Å². The van der Waals surface area contributed by atoms with Crippen LogP contribution in [0.5, 0.6) is 5.75 Å². The molecule has 20 heavy (non-hydrogen) atoms. The fraction of sp³-hybridized carbons (Fsp3) is 0.429. The van der Waals surface area contributed by atoms with Gasteiger partial charge in [-0.15, -0.1) is 0 Å². The van der Waals surface area contributed by atoms with E-state index in [9.17, 15) is 9.59 Å². The Bertz CT molecular complexity index is 469. The number of carbonyl (C=O) groups is 2. The van der Waals surface area contributed by atoms with Gasteiger partial charge in [0.25, 0.3) is 5.91 Å².